The molecule has 1 aliphatic rings. The molecule has 5 rings (SSSR count). The van der Waals surface area contributed by atoms with Crippen LogP contribution >= 0.6 is 0 Å². The Balaban J connectivity index is 1.18. The molecule has 0 saturated heterocycles. The summed E-state index contributed by atoms with van der Waals surface area (Å²) in [5.74, 6) is -1.15. The molecule has 180 valence electrons. The van der Waals surface area contributed by atoms with Crippen molar-refractivity contribution in [3.8, 4) is 22.3 Å². The van der Waals surface area contributed by atoms with Gasteiger partial charge in [0.25, 0.3) is 0 Å². The summed E-state index contributed by atoms with van der Waals surface area (Å²) in [5, 5.41) is 12.2. The monoisotopic (exact) mass is 477 g/mol. The predicted molar refractivity (Wildman–Crippen MR) is 140 cm³/mol. The van der Waals surface area contributed by atoms with Crippen molar-refractivity contribution in [2.45, 2.75) is 24.8 Å². The number of benzene rings is 4. The second-order valence-corrected chi connectivity index (χ2v) is 8.96. The van der Waals surface area contributed by atoms with Crippen LogP contribution < -0.4 is 5.32 Å². The largest absolute Gasteiger partial charge is 0.480 e. The minimum Gasteiger partial charge on any atom is -0.480 e. The van der Waals surface area contributed by atoms with Gasteiger partial charge in [-0.25, -0.2) is 9.59 Å². The quantitative estimate of drug-likeness (QED) is 0.313. The maximum Gasteiger partial charge on any atom is 0.407 e. The van der Waals surface area contributed by atoms with Crippen LogP contribution in [0.5, 0.6) is 0 Å². The summed E-state index contributed by atoms with van der Waals surface area (Å²) in [5.41, 5.74) is 7.75. The maximum atomic E-state index is 12.6. The number of carboxylic acid groups (broad SMARTS) is 1. The summed E-state index contributed by atoms with van der Waals surface area (Å²) in [7, 11) is 0. The Labute approximate surface area is 210 Å². The van der Waals surface area contributed by atoms with E-state index in [4.69, 9.17) is 4.74 Å². The number of amides is 1. The van der Waals surface area contributed by atoms with Crippen molar-refractivity contribution >= 4 is 12.1 Å². The fourth-order valence-electron chi connectivity index (χ4n) is 4.85. The zero-order valence-corrected chi connectivity index (χ0v) is 19.8. The van der Waals surface area contributed by atoms with Crippen molar-refractivity contribution in [1.29, 1.82) is 0 Å². The first-order valence-corrected chi connectivity index (χ1v) is 12.1. The summed E-state index contributed by atoms with van der Waals surface area (Å²) in [6.07, 6.45) is 0.0728. The van der Waals surface area contributed by atoms with Crippen LogP contribution in [0.1, 0.15) is 29.0 Å². The Morgan fingerprint density at radius 2 is 1.31 bits per heavy atom. The smallest absolute Gasteiger partial charge is 0.407 e. The Bertz CT molecular complexity index is 1320. The van der Waals surface area contributed by atoms with Gasteiger partial charge in [-0.3, -0.25) is 0 Å². The van der Waals surface area contributed by atoms with E-state index < -0.39 is 18.1 Å². The van der Waals surface area contributed by atoms with E-state index >= 15 is 0 Å². The number of aliphatic carboxylic acids is 1. The van der Waals surface area contributed by atoms with E-state index in [0.717, 1.165) is 38.9 Å². The molecule has 1 unspecified atom stereocenters. The molecule has 0 saturated carbocycles. The number of carbonyl (C=O) groups excluding carboxylic acids is 1. The van der Waals surface area contributed by atoms with Gasteiger partial charge in [-0.2, -0.15) is 0 Å². The van der Waals surface area contributed by atoms with Gasteiger partial charge < -0.3 is 15.2 Å². The summed E-state index contributed by atoms with van der Waals surface area (Å²) in [4.78, 5) is 24.4. The van der Waals surface area contributed by atoms with E-state index in [-0.39, 0.29) is 18.9 Å². The first kappa shape index (κ1) is 23.4. The Kier molecular flexibility index (Phi) is 6.80. The molecule has 36 heavy (non-hydrogen) atoms. The number of nitrogens with one attached hydrogen (secondary N) is 1. The molecule has 0 spiro atoms. The molecule has 0 heterocycles. The van der Waals surface area contributed by atoms with Crippen molar-refractivity contribution in [2.24, 2.45) is 0 Å². The van der Waals surface area contributed by atoms with Crippen LogP contribution in [0.3, 0.4) is 0 Å². The van der Waals surface area contributed by atoms with Gasteiger partial charge in [-0.05, 0) is 51.8 Å². The first-order chi connectivity index (χ1) is 17.6. The van der Waals surface area contributed by atoms with Crippen molar-refractivity contribution < 1.29 is 19.4 Å². The zero-order valence-electron chi connectivity index (χ0n) is 19.8. The molecule has 5 heteroatoms. The number of rotatable bonds is 8. The fourth-order valence-corrected chi connectivity index (χ4v) is 4.85. The summed E-state index contributed by atoms with van der Waals surface area (Å²) in [6.45, 7) is 0.146. The number of fused-ring (bicyclic) bond motifs is 3. The van der Waals surface area contributed by atoms with Crippen LogP contribution in [0.25, 0.3) is 22.3 Å². The normalized spacial score (nSPS) is 12.9. The van der Waals surface area contributed by atoms with Crippen LogP contribution in [0.4, 0.5) is 4.79 Å². The van der Waals surface area contributed by atoms with Gasteiger partial charge >= 0.3 is 12.1 Å². The van der Waals surface area contributed by atoms with Crippen molar-refractivity contribution in [2.75, 3.05) is 6.61 Å². The van der Waals surface area contributed by atoms with Gasteiger partial charge in [0.2, 0.25) is 0 Å². The SMILES string of the molecule is O=C(NC(CCc1ccc(-c2ccccc2)cc1)C(=O)O)OCC1c2ccccc2-c2ccccc21. The van der Waals surface area contributed by atoms with Crippen molar-refractivity contribution in [3.63, 3.8) is 0 Å². The van der Waals surface area contributed by atoms with Crippen LogP contribution in [0, 0.1) is 0 Å². The molecule has 0 aromatic heterocycles. The molecule has 4 aromatic carbocycles. The van der Waals surface area contributed by atoms with E-state index in [2.05, 4.69) is 17.4 Å². The van der Waals surface area contributed by atoms with E-state index in [1.165, 1.54) is 0 Å². The second-order valence-electron chi connectivity index (χ2n) is 8.96. The van der Waals surface area contributed by atoms with Crippen LogP contribution in [0.2, 0.25) is 0 Å². The highest BCUT2D eigenvalue weighted by Gasteiger charge is 2.29. The number of carbonyl (C=O) groups is 2. The third-order valence-electron chi connectivity index (χ3n) is 6.72. The molecule has 0 aliphatic heterocycles. The lowest BCUT2D eigenvalue weighted by molar-refractivity contribution is -0.139. The number of carboxylic acids is 1. The molecule has 1 atom stereocenters. The van der Waals surface area contributed by atoms with Crippen LogP contribution in [0.15, 0.2) is 103 Å². The highest BCUT2D eigenvalue weighted by Crippen LogP contribution is 2.44. The Hall–Kier alpha value is -4.38. The molecule has 2 N–H and O–H groups in total. The molecular formula is C31H27NO4. The van der Waals surface area contributed by atoms with Gasteiger partial charge in [0.1, 0.15) is 12.6 Å². The minimum atomic E-state index is -1.08. The first-order valence-electron chi connectivity index (χ1n) is 12.1. The third kappa shape index (κ3) is 5.01. The molecule has 0 radical (unpaired) electrons. The van der Waals surface area contributed by atoms with Gasteiger partial charge in [0.15, 0.2) is 0 Å². The van der Waals surface area contributed by atoms with Crippen molar-refractivity contribution in [1.82, 2.24) is 5.32 Å². The summed E-state index contributed by atoms with van der Waals surface area (Å²) >= 11 is 0. The molecular weight excluding hydrogens is 450 g/mol. The number of hydrogen-bond donors (Lipinski definition) is 2. The fraction of sp³-hybridized carbons (Fsp3) is 0.161. The lowest BCUT2D eigenvalue weighted by atomic mass is 9.98. The molecule has 4 aromatic rings. The molecule has 0 bridgehead atoms. The summed E-state index contributed by atoms with van der Waals surface area (Å²) in [6, 6.07) is 33.3. The molecule has 1 aliphatic carbocycles. The van der Waals surface area contributed by atoms with Crippen molar-refractivity contribution in [3.05, 3.63) is 120 Å². The lowest BCUT2D eigenvalue weighted by Crippen LogP contribution is -2.41. The van der Waals surface area contributed by atoms with Crippen LogP contribution in [-0.4, -0.2) is 29.8 Å². The van der Waals surface area contributed by atoms with Gasteiger partial charge in [0, 0.05) is 5.92 Å². The van der Waals surface area contributed by atoms with Crippen LogP contribution in [-0.2, 0) is 16.0 Å². The van der Waals surface area contributed by atoms with Gasteiger partial charge in [-0.1, -0.05) is 103 Å². The number of hydrogen-bond acceptors (Lipinski definition) is 3. The Morgan fingerprint density at radius 1 is 0.750 bits per heavy atom. The second kappa shape index (κ2) is 10.5. The number of alkyl carbamates (subject to hydrolysis) is 1. The zero-order chi connectivity index (χ0) is 24.9. The highest BCUT2D eigenvalue weighted by atomic mass is 16.5. The Morgan fingerprint density at radius 3 is 1.92 bits per heavy atom. The number of ether oxygens (including phenoxy) is 1. The minimum absolute atomic E-state index is 0.0745. The third-order valence-corrected chi connectivity index (χ3v) is 6.72. The predicted octanol–water partition coefficient (Wildman–Crippen LogP) is 6.28. The highest BCUT2D eigenvalue weighted by molar-refractivity contribution is 5.81. The molecule has 5 nitrogen and oxygen atoms in total. The van der Waals surface area contributed by atoms with E-state index in [1.807, 2.05) is 91.0 Å². The van der Waals surface area contributed by atoms with E-state index in [0.29, 0.717) is 6.42 Å². The lowest BCUT2D eigenvalue weighted by Gasteiger charge is -2.17. The maximum absolute atomic E-state index is 12.6. The average Bonchev–Trinajstić information content (AvgIpc) is 3.24. The molecule has 0 fully saturated rings. The topological polar surface area (TPSA) is 75.6 Å². The van der Waals surface area contributed by atoms with E-state index in [9.17, 15) is 14.7 Å². The van der Waals surface area contributed by atoms with Gasteiger partial charge in [0.05, 0.1) is 0 Å². The standard InChI is InChI=1S/C31H27NO4/c33-30(34)29(19-16-21-14-17-23(18-15-21)22-8-2-1-3-9-22)32-31(35)36-20-28-26-12-6-4-10-24(26)25-11-5-7-13-27(25)28/h1-15,17-18,28-29H,16,19-20H2,(H,32,35)(H,33,34). The van der Waals surface area contributed by atoms with Gasteiger partial charge in [-0.15, -0.1) is 0 Å². The average molecular weight is 478 g/mol. The molecule has 1 amide bonds. The summed E-state index contributed by atoms with van der Waals surface area (Å²) < 4.78 is 5.52. The number of aryl methyl sites for hydroxylation is 1. The van der Waals surface area contributed by atoms with E-state index in [1.54, 1.807) is 0 Å².